The van der Waals surface area contributed by atoms with Crippen LogP contribution in [0.2, 0.25) is 0 Å². The maximum absolute atomic E-state index is 10.7. The summed E-state index contributed by atoms with van der Waals surface area (Å²) < 4.78 is 0. The van der Waals surface area contributed by atoms with E-state index >= 15 is 0 Å². The minimum atomic E-state index is -0.996. The van der Waals surface area contributed by atoms with Crippen LogP contribution in [0.25, 0.3) is 10.8 Å². The molecule has 0 amide bonds. The first-order chi connectivity index (χ1) is 14.0. The Morgan fingerprint density at radius 3 is 1.28 bits per heavy atom. The van der Waals surface area contributed by atoms with Crippen molar-refractivity contribution in [3.05, 3.63) is 108 Å². The second-order valence-electron chi connectivity index (χ2n) is 6.24. The van der Waals surface area contributed by atoms with Crippen molar-refractivity contribution in [1.29, 1.82) is 0 Å². The fourth-order valence-electron chi connectivity index (χ4n) is 2.72. The van der Waals surface area contributed by atoms with Gasteiger partial charge in [0.05, 0.1) is 11.1 Å². The Morgan fingerprint density at radius 1 is 0.552 bits per heavy atom. The lowest BCUT2D eigenvalue weighted by atomic mass is 10.0. The highest BCUT2D eigenvalue weighted by molar-refractivity contribution is 5.97. The molecule has 0 spiro atoms. The standard InChI is InChI=1S/C12H11N.C12H8O4/c1-3-7-11(8-4-1)13-12-9-5-2-6-10-12;13-11(14)9-3-1-7-5-10(12(15)16)4-2-8(7)6-9/h1-10,13H;1-6H,(H,13,14)(H,15,16). The van der Waals surface area contributed by atoms with Gasteiger partial charge in [0.1, 0.15) is 0 Å². The molecular weight excluding hydrogens is 366 g/mol. The quantitative estimate of drug-likeness (QED) is 0.421. The summed E-state index contributed by atoms with van der Waals surface area (Å²) in [5.41, 5.74) is 2.62. The van der Waals surface area contributed by atoms with Gasteiger partial charge in [-0.25, -0.2) is 9.59 Å². The number of hydrogen-bond acceptors (Lipinski definition) is 3. The van der Waals surface area contributed by atoms with Crippen molar-refractivity contribution in [2.75, 3.05) is 5.32 Å². The van der Waals surface area contributed by atoms with E-state index in [4.69, 9.17) is 10.2 Å². The van der Waals surface area contributed by atoms with Gasteiger partial charge in [-0.3, -0.25) is 0 Å². The van der Waals surface area contributed by atoms with Crippen LogP contribution < -0.4 is 5.32 Å². The first-order valence-corrected chi connectivity index (χ1v) is 8.90. The highest BCUT2D eigenvalue weighted by atomic mass is 16.4. The predicted molar refractivity (Wildman–Crippen MR) is 114 cm³/mol. The van der Waals surface area contributed by atoms with Crippen molar-refractivity contribution in [2.24, 2.45) is 0 Å². The number of para-hydroxylation sites is 2. The Balaban J connectivity index is 0.000000169. The van der Waals surface area contributed by atoms with E-state index in [2.05, 4.69) is 5.32 Å². The SMILES string of the molecule is O=C(O)c1ccc2cc(C(=O)O)ccc2c1.c1ccc(Nc2ccccc2)cc1. The van der Waals surface area contributed by atoms with Crippen LogP contribution in [-0.2, 0) is 0 Å². The van der Waals surface area contributed by atoms with Gasteiger partial charge < -0.3 is 15.5 Å². The molecule has 0 aliphatic carbocycles. The molecule has 0 bridgehead atoms. The van der Waals surface area contributed by atoms with E-state index in [-0.39, 0.29) is 11.1 Å². The number of carbonyl (C=O) groups is 2. The summed E-state index contributed by atoms with van der Waals surface area (Å²) >= 11 is 0. The number of rotatable bonds is 4. The molecule has 3 N–H and O–H groups in total. The van der Waals surface area contributed by atoms with Crippen molar-refractivity contribution in [3.8, 4) is 0 Å². The molecule has 0 fully saturated rings. The molecule has 0 atom stereocenters. The molecule has 4 rings (SSSR count). The lowest BCUT2D eigenvalue weighted by Crippen LogP contribution is -1.97. The third-order valence-corrected chi connectivity index (χ3v) is 4.17. The number of carboxylic acids is 2. The zero-order valence-corrected chi connectivity index (χ0v) is 15.4. The number of aromatic carboxylic acids is 2. The second kappa shape index (κ2) is 9.19. The minimum absolute atomic E-state index is 0.190. The third-order valence-electron chi connectivity index (χ3n) is 4.17. The Labute approximate surface area is 167 Å². The summed E-state index contributed by atoms with van der Waals surface area (Å²) in [6, 6.07) is 29.4. The molecule has 0 heterocycles. The number of hydrogen-bond donors (Lipinski definition) is 3. The molecule has 4 aromatic carbocycles. The van der Waals surface area contributed by atoms with Gasteiger partial charge in [0, 0.05) is 11.4 Å². The van der Waals surface area contributed by atoms with E-state index in [1.807, 2.05) is 60.7 Å². The van der Waals surface area contributed by atoms with Crippen LogP contribution in [0.5, 0.6) is 0 Å². The molecule has 0 saturated heterocycles. The number of benzene rings is 4. The number of anilines is 2. The molecule has 144 valence electrons. The van der Waals surface area contributed by atoms with Crippen LogP contribution in [-0.4, -0.2) is 22.2 Å². The fraction of sp³-hybridized carbons (Fsp3) is 0. The van der Waals surface area contributed by atoms with Crippen LogP contribution in [0.15, 0.2) is 97.1 Å². The fourth-order valence-corrected chi connectivity index (χ4v) is 2.72. The average Bonchev–Trinajstić information content (AvgIpc) is 2.75. The van der Waals surface area contributed by atoms with Gasteiger partial charge in [-0.05, 0) is 59.3 Å². The van der Waals surface area contributed by atoms with Gasteiger partial charge in [0.25, 0.3) is 0 Å². The molecule has 4 aromatic rings. The van der Waals surface area contributed by atoms with E-state index in [0.717, 1.165) is 11.4 Å². The molecule has 29 heavy (non-hydrogen) atoms. The summed E-state index contributed by atoms with van der Waals surface area (Å²) in [7, 11) is 0. The van der Waals surface area contributed by atoms with E-state index < -0.39 is 11.9 Å². The van der Waals surface area contributed by atoms with Gasteiger partial charge >= 0.3 is 11.9 Å². The average molecular weight is 385 g/mol. The Kier molecular flexibility index (Phi) is 6.22. The molecule has 5 heteroatoms. The van der Waals surface area contributed by atoms with Crippen molar-refractivity contribution in [1.82, 2.24) is 0 Å². The summed E-state index contributed by atoms with van der Waals surface area (Å²) in [5, 5.41) is 22.3. The zero-order chi connectivity index (χ0) is 20.6. The van der Waals surface area contributed by atoms with Gasteiger partial charge in [-0.1, -0.05) is 48.5 Å². The summed E-state index contributed by atoms with van der Waals surface area (Å²) in [4.78, 5) is 21.5. The van der Waals surface area contributed by atoms with Crippen molar-refractivity contribution < 1.29 is 19.8 Å². The van der Waals surface area contributed by atoms with Crippen molar-refractivity contribution >= 4 is 34.1 Å². The van der Waals surface area contributed by atoms with Crippen molar-refractivity contribution in [2.45, 2.75) is 0 Å². The van der Waals surface area contributed by atoms with Crippen LogP contribution in [0.1, 0.15) is 20.7 Å². The monoisotopic (exact) mass is 385 g/mol. The van der Waals surface area contributed by atoms with Gasteiger partial charge in [-0.2, -0.15) is 0 Å². The maximum Gasteiger partial charge on any atom is 0.335 e. The Bertz CT molecular complexity index is 1030. The summed E-state index contributed by atoms with van der Waals surface area (Å²) in [5.74, 6) is -1.99. The van der Waals surface area contributed by atoms with Crippen LogP contribution in [0.3, 0.4) is 0 Å². The van der Waals surface area contributed by atoms with Crippen LogP contribution >= 0.6 is 0 Å². The zero-order valence-electron chi connectivity index (χ0n) is 15.4. The summed E-state index contributed by atoms with van der Waals surface area (Å²) in [6.07, 6.45) is 0. The number of fused-ring (bicyclic) bond motifs is 1. The van der Waals surface area contributed by atoms with Crippen LogP contribution in [0, 0.1) is 0 Å². The van der Waals surface area contributed by atoms with Gasteiger partial charge in [0.15, 0.2) is 0 Å². The molecular formula is C24H19NO4. The highest BCUT2D eigenvalue weighted by Crippen LogP contribution is 2.18. The lowest BCUT2D eigenvalue weighted by Gasteiger charge is -2.04. The minimum Gasteiger partial charge on any atom is -0.478 e. The van der Waals surface area contributed by atoms with Gasteiger partial charge in [-0.15, -0.1) is 0 Å². The predicted octanol–water partition coefficient (Wildman–Crippen LogP) is 5.67. The van der Waals surface area contributed by atoms with Crippen molar-refractivity contribution in [3.63, 3.8) is 0 Å². The normalized spacial score (nSPS) is 9.93. The summed E-state index contributed by atoms with van der Waals surface area (Å²) in [6.45, 7) is 0. The smallest absolute Gasteiger partial charge is 0.335 e. The Morgan fingerprint density at radius 2 is 0.931 bits per heavy atom. The van der Waals surface area contributed by atoms with Gasteiger partial charge in [0.2, 0.25) is 0 Å². The lowest BCUT2D eigenvalue weighted by molar-refractivity contribution is 0.0686. The molecule has 0 aromatic heterocycles. The highest BCUT2D eigenvalue weighted by Gasteiger charge is 2.06. The molecule has 0 radical (unpaired) electrons. The first-order valence-electron chi connectivity index (χ1n) is 8.90. The Hall–Kier alpha value is -4.12. The van der Waals surface area contributed by atoms with E-state index in [1.165, 1.54) is 24.3 Å². The topological polar surface area (TPSA) is 86.6 Å². The molecule has 5 nitrogen and oxygen atoms in total. The third kappa shape index (κ3) is 5.43. The molecule has 0 aliphatic rings. The molecule has 0 unspecified atom stereocenters. The number of carboxylic acid groups (broad SMARTS) is 2. The van der Waals surface area contributed by atoms with E-state index in [0.29, 0.717) is 10.8 Å². The number of nitrogens with one attached hydrogen (secondary N) is 1. The molecule has 0 aliphatic heterocycles. The molecule has 0 saturated carbocycles. The van der Waals surface area contributed by atoms with E-state index in [9.17, 15) is 9.59 Å². The first kappa shape index (κ1) is 19.6. The van der Waals surface area contributed by atoms with E-state index in [1.54, 1.807) is 12.1 Å². The largest absolute Gasteiger partial charge is 0.478 e. The second-order valence-corrected chi connectivity index (χ2v) is 6.24. The maximum atomic E-state index is 10.7. The van der Waals surface area contributed by atoms with Crippen LogP contribution in [0.4, 0.5) is 11.4 Å².